The monoisotopic (exact) mass is 440 g/mol. The van der Waals surface area contributed by atoms with Gasteiger partial charge in [0.1, 0.15) is 0 Å². The van der Waals surface area contributed by atoms with Gasteiger partial charge < -0.3 is 10.1 Å². The fourth-order valence-electron chi connectivity index (χ4n) is 3.56. The van der Waals surface area contributed by atoms with Gasteiger partial charge in [-0.25, -0.2) is 14.2 Å². The first kappa shape index (κ1) is 20.3. The van der Waals surface area contributed by atoms with Crippen molar-refractivity contribution in [1.29, 1.82) is 0 Å². The van der Waals surface area contributed by atoms with Crippen molar-refractivity contribution in [3.63, 3.8) is 0 Å². The molecule has 0 fully saturated rings. The number of hydrogen-bond acceptors (Lipinski definition) is 5. The quantitative estimate of drug-likeness (QED) is 0.438. The maximum absolute atomic E-state index is 12.9. The molecule has 0 spiro atoms. The first-order chi connectivity index (χ1) is 16.1. The lowest BCUT2D eigenvalue weighted by atomic mass is 10.2. The van der Waals surface area contributed by atoms with Crippen molar-refractivity contribution < 1.29 is 9.53 Å². The highest BCUT2D eigenvalue weighted by molar-refractivity contribution is 6.04. The van der Waals surface area contributed by atoms with Gasteiger partial charge in [0, 0.05) is 11.9 Å². The number of aromatic nitrogens is 5. The maximum atomic E-state index is 12.9. The first-order valence-electron chi connectivity index (χ1n) is 10.3. The average molecular weight is 440 g/mol. The zero-order chi connectivity index (χ0) is 22.8. The van der Waals surface area contributed by atoms with Gasteiger partial charge in [-0.2, -0.15) is 5.10 Å². The Hall–Kier alpha value is -4.66. The van der Waals surface area contributed by atoms with E-state index in [9.17, 15) is 9.59 Å². The molecule has 2 aromatic carbocycles. The Bertz CT molecular complexity index is 1500. The van der Waals surface area contributed by atoms with Gasteiger partial charge >= 0.3 is 5.69 Å². The largest absolute Gasteiger partial charge is 0.493 e. The van der Waals surface area contributed by atoms with Crippen LogP contribution in [0, 0.1) is 0 Å². The van der Waals surface area contributed by atoms with E-state index in [0.717, 1.165) is 11.3 Å². The lowest BCUT2D eigenvalue weighted by Crippen LogP contribution is -2.21. The molecular formula is C24H20N6O3. The molecule has 0 bridgehead atoms. The topological polar surface area (TPSA) is 95.4 Å². The van der Waals surface area contributed by atoms with E-state index in [-0.39, 0.29) is 17.9 Å². The smallest absolute Gasteiger partial charge is 0.350 e. The van der Waals surface area contributed by atoms with E-state index in [2.05, 4.69) is 15.5 Å². The molecule has 3 heterocycles. The maximum Gasteiger partial charge on any atom is 0.350 e. The molecule has 0 aliphatic heterocycles. The lowest BCUT2D eigenvalue weighted by molar-refractivity contribution is 0.101. The second-order valence-corrected chi connectivity index (χ2v) is 7.35. The summed E-state index contributed by atoms with van der Waals surface area (Å²) in [5.74, 6) is -0.0349. The van der Waals surface area contributed by atoms with Crippen LogP contribution in [0.3, 0.4) is 0 Å². The second-order valence-electron chi connectivity index (χ2n) is 7.35. The molecule has 3 aromatic heterocycles. The van der Waals surface area contributed by atoms with Crippen molar-refractivity contribution in [2.75, 3.05) is 12.4 Å². The van der Waals surface area contributed by atoms with Crippen LogP contribution in [0.25, 0.3) is 11.3 Å². The van der Waals surface area contributed by atoms with Crippen LogP contribution in [0.2, 0.25) is 0 Å². The summed E-state index contributed by atoms with van der Waals surface area (Å²) in [6, 6.07) is 22.1. The number of amides is 1. The van der Waals surface area contributed by atoms with Crippen molar-refractivity contribution in [3.05, 3.63) is 107 Å². The number of carbonyl (C=O) groups excluding carboxylic acids is 1. The summed E-state index contributed by atoms with van der Waals surface area (Å²) in [7, 11) is 1.50. The molecule has 0 saturated carbocycles. The molecule has 164 valence electrons. The summed E-state index contributed by atoms with van der Waals surface area (Å²) in [4.78, 5) is 25.5. The summed E-state index contributed by atoms with van der Waals surface area (Å²) >= 11 is 0. The molecule has 9 nitrogen and oxygen atoms in total. The summed E-state index contributed by atoms with van der Waals surface area (Å²) in [5.41, 5.74) is 2.73. The normalized spacial score (nSPS) is 10.9. The SMILES string of the molecule is COc1cn(-c2ccccc2)nc1C(=O)Nc1cccc(Cn2nc3ccccn3c2=O)c1. The number of benzene rings is 2. The van der Waals surface area contributed by atoms with Crippen LogP contribution in [-0.4, -0.2) is 37.0 Å². The zero-order valence-electron chi connectivity index (χ0n) is 17.8. The number of nitrogens with one attached hydrogen (secondary N) is 1. The van der Waals surface area contributed by atoms with Crippen LogP contribution in [-0.2, 0) is 6.54 Å². The second kappa shape index (κ2) is 8.46. The number of carbonyl (C=O) groups is 1. The van der Waals surface area contributed by atoms with Gasteiger partial charge in [-0.05, 0) is 42.0 Å². The van der Waals surface area contributed by atoms with Gasteiger partial charge in [0.05, 0.1) is 25.5 Å². The molecule has 5 aromatic rings. The van der Waals surface area contributed by atoms with Crippen LogP contribution in [0.15, 0.2) is 90.0 Å². The summed E-state index contributed by atoms with van der Waals surface area (Å²) in [5, 5.41) is 11.6. The average Bonchev–Trinajstić information content (AvgIpc) is 3.42. The molecule has 0 atom stereocenters. The summed E-state index contributed by atoms with van der Waals surface area (Å²) in [6.07, 6.45) is 3.34. The Morgan fingerprint density at radius 1 is 1.00 bits per heavy atom. The molecular weight excluding hydrogens is 420 g/mol. The fourth-order valence-corrected chi connectivity index (χ4v) is 3.56. The van der Waals surface area contributed by atoms with Gasteiger partial charge in [-0.15, -0.1) is 5.10 Å². The lowest BCUT2D eigenvalue weighted by Gasteiger charge is -2.07. The van der Waals surface area contributed by atoms with Gasteiger partial charge in [-0.1, -0.05) is 36.4 Å². The third-order valence-corrected chi connectivity index (χ3v) is 5.14. The molecule has 1 N–H and O–H groups in total. The Morgan fingerprint density at radius 3 is 2.61 bits per heavy atom. The van der Waals surface area contributed by atoms with Gasteiger partial charge in [0.15, 0.2) is 17.1 Å². The minimum atomic E-state index is -0.399. The zero-order valence-corrected chi connectivity index (χ0v) is 17.8. The number of anilines is 1. The molecule has 0 aliphatic carbocycles. The fraction of sp³-hybridized carbons (Fsp3) is 0.0833. The molecule has 0 saturated heterocycles. The van der Waals surface area contributed by atoms with E-state index in [1.807, 2.05) is 48.5 Å². The van der Waals surface area contributed by atoms with E-state index in [0.29, 0.717) is 17.1 Å². The Balaban J connectivity index is 1.37. The van der Waals surface area contributed by atoms with Gasteiger partial charge in [0.2, 0.25) is 0 Å². The number of para-hydroxylation sites is 1. The molecule has 0 radical (unpaired) electrons. The van der Waals surface area contributed by atoms with E-state index < -0.39 is 5.91 Å². The minimum absolute atomic E-state index is 0.170. The van der Waals surface area contributed by atoms with Gasteiger partial charge in [-0.3, -0.25) is 9.20 Å². The number of rotatable bonds is 6. The predicted octanol–water partition coefficient (Wildman–Crippen LogP) is 2.99. The molecule has 33 heavy (non-hydrogen) atoms. The Kier molecular flexibility index (Phi) is 5.19. The highest BCUT2D eigenvalue weighted by Crippen LogP contribution is 2.21. The summed E-state index contributed by atoms with van der Waals surface area (Å²) < 4.78 is 9.83. The van der Waals surface area contributed by atoms with Crippen molar-refractivity contribution >= 4 is 17.2 Å². The van der Waals surface area contributed by atoms with Crippen molar-refractivity contribution in [3.8, 4) is 11.4 Å². The third kappa shape index (κ3) is 3.99. The number of fused-ring (bicyclic) bond motifs is 1. The number of ether oxygens (including phenoxy) is 1. The van der Waals surface area contributed by atoms with Crippen molar-refractivity contribution in [1.82, 2.24) is 24.0 Å². The van der Waals surface area contributed by atoms with Gasteiger partial charge in [0.25, 0.3) is 5.91 Å². The minimum Gasteiger partial charge on any atom is -0.493 e. The Labute approximate surface area is 188 Å². The number of methoxy groups -OCH3 is 1. The van der Waals surface area contributed by atoms with Crippen LogP contribution in [0.4, 0.5) is 5.69 Å². The number of hydrogen-bond donors (Lipinski definition) is 1. The molecule has 0 aliphatic rings. The molecule has 0 unspecified atom stereocenters. The predicted molar refractivity (Wildman–Crippen MR) is 123 cm³/mol. The number of nitrogens with zero attached hydrogens (tertiary/aromatic N) is 5. The summed E-state index contributed by atoms with van der Waals surface area (Å²) in [6.45, 7) is 0.274. The van der Waals surface area contributed by atoms with Crippen LogP contribution in [0.1, 0.15) is 16.1 Å². The standard InChI is InChI=1S/C24H20N6O3/c1-33-20-16-29(19-10-3-2-4-11-19)27-22(20)23(31)25-18-9-7-8-17(14-18)15-30-24(32)28-13-6-5-12-21(28)26-30/h2-14,16H,15H2,1H3,(H,25,31). The highest BCUT2D eigenvalue weighted by Gasteiger charge is 2.19. The van der Waals surface area contributed by atoms with Crippen molar-refractivity contribution in [2.24, 2.45) is 0 Å². The van der Waals surface area contributed by atoms with E-state index in [1.165, 1.54) is 16.2 Å². The molecule has 9 heteroatoms. The Morgan fingerprint density at radius 2 is 1.82 bits per heavy atom. The van der Waals surface area contributed by atoms with E-state index in [4.69, 9.17) is 4.74 Å². The van der Waals surface area contributed by atoms with E-state index >= 15 is 0 Å². The van der Waals surface area contributed by atoms with Crippen LogP contribution < -0.4 is 15.7 Å². The first-order valence-corrected chi connectivity index (χ1v) is 10.3. The van der Waals surface area contributed by atoms with Crippen LogP contribution >= 0.6 is 0 Å². The van der Waals surface area contributed by atoms with Crippen LogP contribution in [0.5, 0.6) is 5.75 Å². The van der Waals surface area contributed by atoms with Crippen molar-refractivity contribution in [2.45, 2.75) is 6.54 Å². The molecule has 1 amide bonds. The van der Waals surface area contributed by atoms with E-state index in [1.54, 1.807) is 41.3 Å². The number of pyridine rings is 1. The highest BCUT2D eigenvalue weighted by atomic mass is 16.5. The third-order valence-electron chi connectivity index (χ3n) is 5.14. The molecule has 5 rings (SSSR count).